The standard InChI is InChI=1S/C12H14N4O3/c1-2-18-11-8(4-3-5-9(11)13)12(17)14-6-10-15-7-19-16-10/h3-5,7H,2,6,13H2,1H3,(H,14,17). The molecule has 1 heterocycles. The smallest absolute Gasteiger partial charge is 0.255 e. The molecule has 0 saturated carbocycles. The van der Waals surface area contributed by atoms with Crippen molar-refractivity contribution in [3.8, 4) is 5.75 Å². The largest absolute Gasteiger partial charge is 0.491 e. The topological polar surface area (TPSA) is 103 Å². The number of nitrogens with two attached hydrogens (primary N) is 1. The Balaban J connectivity index is 2.12. The third-order valence-corrected chi connectivity index (χ3v) is 2.39. The summed E-state index contributed by atoms with van der Waals surface area (Å²) in [6, 6.07) is 5.02. The number of anilines is 1. The van der Waals surface area contributed by atoms with E-state index in [-0.39, 0.29) is 12.5 Å². The van der Waals surface area contributed by atoms with Crippen LogP contribution in [-0.4, -0.2) is 22.7 Å². The molecule has 0 aliphatic carbocycles. The molecule has 0 spiro atoms. The van der Waals surface area contributed by atoms with E-state index < -0.39 is 0 Å². The quantitative estimate of drug-likeness (QED) is 0.778. The first-order valence-electron chi connectivity index (χ1n) is 5.77. The number of nitrogens with one attached hydrogen (secondary N) is 1. The maximum absolute atomic E-state index is 12.1. The van der Waals surface area contributed by atoms with Gasteiger partial charge in [-0.25, -0.2) is 0 Å². The number of hydrogen-bond donors (Lipinski definition) is 2. The fourth-order valence-corrected chi connectivity index (χ4v) is 1.56. The lowest BCUT2D eigenvalue weighted by Crippen LogP contribution is -2.24. The maximum Gasteiger partial charge on any atom is 0.255 e. The minimum absolute atomic E-state index is 0.176. The predicted molar refractivity (Wildman–Crippen MR) is 67.5 cm³/mol. The lowest BCUT2D eigenvalue weighted by molar-refractivity contribution is 0.0946. The summed E-state index contributed by atoms with van der Waals surface area (Å²) in [6.45, 7) is 2.43. The van der Waals surface area contributed by atoms with Gasteiger partial charge in [0.1, 0.15) is 0 Å². The normalized spacial score (nSPS) is 10.2. The maximum atomic E-state index is 12.1. The molecule has 0 saturated heterocycles. The van der Waals surface area contributed by atoms with Crippen molar-refractivity contribution in [2.45, 2.75) is 13.5 Å². The van der Waals surface area contributed by atoms with E-state index in [1.807, 2.05) is 6.92 Å². The molecule has 7 heteroatoms. The molecule has 0 fully saturated rings. The molecule has 1 amide bonds. The van der Waals surface area contributed by atoms with Gasteiger partial charge in [-0.2, -0.15) is 4.98 Å². The number of ether oxygens (including phenoxy) is 1. The Labute approximate surface area is 109 Å². The number of nitrogen functional groups attached to an aromatic ring is 1. The fourth-order valence-electron chi connectivity index (χ4n) is 1.56. The molecule has 0 unspecified atom stereocenters. The minimum Gasteiger partial charge on any atom is -0.491 e. The fraction of sp³-hybridized carbons (Fsp3) is 0.250. The minimum atomic E-state index is -0.305. The molecule has 0 aliphatic heterocycles. The average Bonchev–Trinajstić information content (AvgIpc) is 2.92. The summed E-state index contributed by atoms with van der Waals surface area (Å²) in [4.78, 5) is 15.9. The van der Waals surface area contributed by atoms with Crippen LogP contribution in [0.25, 0.3) is 0 Å². The van der Waals surface area contributed by atoms with E-state index in [0.29, 0.717) is 29.4 Å². The van der Waals surface area contributed by atoms with E-state index in [4.69, 9.17) is 10.5 Å². The zero-order chi connectivity index (χ0) is 13.7. The van der Waals surface area contributed by atoms with Gasteiger partial charge in [-0.1, -0.05) is 11.2 Å². The van der Waals surface area contributed by atoms with Crippen LogP contribution in [0.15, 0.2) is 29.1 Å². The van der Waals surface area contributed by atoms with Crippen molar-refractivity contribution in [2.75, 3.05) is 12.3 Å². The van der Waals surface area contributed by atoms with Gasteiger partial charge in [-0.15, -0.1) is 0 Å². The van der Waals surface area contributed by atoms with Crippen LogP contribution in [0.1, 0.15) is 23.1 Å². The second-order valence-electron chi connectivity index (χ2n) is 3.69. The summed E-state index contributed by atoms with van der Waals surface area (Å²) in [5, 5.41) is 6.27. The molecular weight excluding hydrogens is 248 g/mol. The molecule has 0 bridgehead atoms. The average molecular weight is 262 g/mol. The summed E-state index contributed by atoms with van der Waals surface area (Å²) >= 11 is 0. The van der Waals surface area contributed by atoms with E-state index >= 15 is 0 Å². The zero-order valence-electron chi connectivity index (χ0n) is 10.4. The lowest BCUT2D eigenvalue weighted by Gasteiger charge is -2.12. The highest BCUT2D eigenvalue weighted by molar-refractivity contribution is 5.98. The van der Waals surface area contributed by atoms with Gasteiger partial charge in [0.05, 0.1) is 24.4 Å². The molecule has 19 heavy (non-hydrogen) atoms. The summed E-state index contributed by atoms with van der Waals surface area (Å²) in [7, 11) is 0. The highest BCUT2D eigenvalue weighted by Crippen LogP contribution is 2.26. The van der Waals surface area contributed by atoms with E-state index in [9.17, 15) is 4.79 Å². The summed E-state index contributed by atoms with van der Waals surface area (Å²) in [5.74, 6) is 0.478. The first kappa shape index (κ1) is 12.9. The number of carbonyl (C=O) groups excluding carboxylic acids is 1. The highest BCUT2D eigenvalue weighted by atomic mass is 16.5. The van der Waals surface area contributed by atoms with Crippen molar-refractivity contribution in [3.05, 3.63) is 36.0 Å². The Hall–Kier alpha value is -2.57. The van der Waals surface area contributed by atoms with Crippen LogP contribution in [0.3, 0.4) is 0 Å². The number of carbonyl (C=O) groups is 1. The molecule has 0 aliphatic rings. The molecule has 2 aromatic rings. The highest BCUT2D eigenvalue weighted by Gasteiger charge is 2.15. The van der Waals surface area contributed by atoms with Crippen molar-refractivity contribution in [2.24, 2.45) is 0 Å². The first-order chi connectivity index (χ1) is 9.22. The number of para-hydroxylation sites is 1. The second-order valence-corrected chi connectivity index (χ2v) is 3.69. The molecule has 1 aromatic carbocycles. The summed E-state index contributed by atoms with van der Waals surface area (Å²) in [5.41, 5.74) is 6.60. The van der Waals surface area contributed by atoms with Gasteiger partial charge in [0.2, 0.25) is 6.39 Å². The van der Waals surface area contributed by atoms with Gasteiger partial charge in [-0.05, 0) is 19.1 Å². The van der Waals surface area contributed by atoms with E-state index in [1.165, 1.54) is 6.39 Å². The van der Waals surface area contributed by atoms with Gasteiger partial charge in [0.15, 0.2) is 11.6 Å². The van der Waals surface area contributed by atoms with Crippen LogP contribution in [-0.2, 0) is 6.54 Å². The first-order valence-corrected chi connectivity index (χ1v) is 5.77. The van der Waals surface area contributed by atoms with Crippen LogP contribution in [0.5, 0.6) is 5.75 Å². The van der Waals surface area contributed by atoms with Crippen LogP contribution in [0.4, 0.5) is 5.69 Å². The number of nitrogens with zero attached hydrogens (tertiary/aromatic N) is 2. The van der Waals surface area contributed by atoms with E-state index in [0.717, 1.165) is 0 Å². The van der Waals surface area contributed by atoms with Gasteiger partial charge in [0, 0.05) is 0 Å². The van der Waals surface area contributed by atoms with Crippen molar-refractivity contribution in [1.29, 1.82) is 0 Å². The Morgan fingerprint density at radius 2 is 2.37 bits per heavy atom. The number of aromatic nitrogens is 2. The molecule has 1 aromatic heterocycles. The monoisotopic (exact) mass is 262 g/mol. The summed E-state index contributed by atoms with van der Waals surface area (Å²) < 4.78 is 9.97. The van der Waals surface area contributed by atoms with Crippen molar-refractivity contribution in [1.82, 2.24) is 15.5 Å². The van der Waals surface area contributed by atoms with Gasteiger partial charge in [-0.3, -0.25) is 4.79 Å². The Morgan fingerprint density at radius 1 is 1.53 bits per heavy atom. The molecule has 3 N–H and O–H groups in total. The molecule has 0 radical (unpaired) electrons. The molecule has 2 rings (SSSR count). The number of rotatable bonds is 5. The number of benzene rings is 1. The van der Waals surface area contributed by atoms with E-state index in [1.54, 1.807) is 18.2 Å². The van der Waals surface area contributed by atoms with Crippen LogP contribution < -0.4 is 15.8 Å². The van der Waals surface area contributed by atoms with Crippen LogP contribution in [0, 0.1) is 0 Å². The Kier molecular flexibility index (Phi) is 3.97. The van der Waals surface area contributed by atoms with Crippen LogP contribution >= 0.6 is 0 Å². The third kappa shape index (κ3) is 3.01. The number of amides is 1. The molecule has 0 atom stereocenters. The second kappa shape index (κ2) is 5.85. The van der Waals surface area contributed by atoms with Crippen LogP contribution in [0.2, 0.25) is 0 Å². The molecular formula is C12H14N4O3. The Morgan fingerprint density at radius 3 is 3.05 bits per heavy atom. The Bertz CT molecular complexity index is 554. The third-order valence-electron chi connectivity index (χ3n) is 2.39. The van der Waals surface area contributed by atoms with Gasteiger partial charge >= 0.3 is 0 Å². The van der Waals surface area contributed by atoms with Crippen molar-refractivity contribution in [3.63, 3.8) is 0 Å². The van der Waals surface area contributed by atoms with Gasteiger partial charge < -0.3 is 20.3 Å². The SMILES string of the molecule is CCOc1c(N)cccc1C(=O)NCc1ncon1. The predicted octanol–water partition coefficient (Wildman–Crippen LogP) is 0.981. The van der Waals surface area contributed by atoms with Crippen molar-refractivity contribution >= 4 is 11.6 Å². The van der Waals surface area contributed by atoms with E-state index in [2.05, 4.69) is 20.0 Å². The van der Waals surface area contributed by atoms with Crippen molar-refractivity contribution < 1.29 is 14.1 Å². The zero-order valence-corrected chi connectivity index (χ0v) is 10.4. The summed E-state index contributed by atoms with van der Waals surface area (Å²) in [6.07, 6.45) is 1.20. The van der Waals surface area contributed by atoms with Gasteiger partial charge in [0.25, 0.3) is 5.91 Å². The molecule has 7 nitrogen and oxygen atoms in total. The molecule has 100 valence electrons. The number of hydrogen-bond acceptors (Lipinski definition) is 6. The lowest BCUT2D eigenvalue weighted by atomic mass is 10.1.